The molecule has 0 saturated carbocycles. The molecule has 0 aliphatic rings. The first-order valence-corrected chi connectivity index (χ1v) is 5.50. The topological polar surface area (TPSA) is 62.7 Å². The maximum absolute atomic E-state index is 10.9. The van der Waals surface area contributed by atoms with E-state index in [1.807, 2.05) is 6.07 Å². The normalized spacial score (nSPS) is 10.1. The molecular weight excluding hydrogens is 276 g/mol. The van der Waals surface area contributed by atoms with E-state index in [2.05, 4.69) is 20.9 Å². The van der Waals surface area contributed by atoms with Gasteiger partial charge in [0.25, 0.3) is 0 Å². The van der Waals surface area contributed by atoms with Crippen molar-refractivity contribution in [2.24, 2.45) is 0 Å². The number of carboxylic acid groups (broad SMARTS) is 1. The lowest BCUT2D eigenvalue weighted by Crippen LogP contribution is -2.32. The van der Waals surface area contributed by atoms with E-state index in [0.717, 1.165) is 10.2 Å². The summed E-state index contributed by atoms with van der Waals surface area (Å²) in [4.78, 5) is 16.2. The van der Waals surface area contributed by atoms with Gasteiger partial charge in [-0.25, -0.2) is 9.78 Å². The highest BCUT2D eigenvalue weighted by atomic mass is 79.9. The van der Waals surface area contributed by atoms with Crippen LogP contribution in [0.1, 0.15) is 5.56 Å². The highest BCUT2D eigenvalue weighted by Crippen LogP contribution is 2.08. The Kier molecular flexibility index (Phi) is 5.21. The molecule has 0 atom stereocenters. The molecule has 0 fully saturated rings. The monoisotopic (exact) mass is 288 g/mol. The van der Waals surface area contributed by atoms with E-state index in [9.17, 15) is 4.79 Å². The van der Waals surface area contributed by atoms with Gasteiger partial charge < -0.3 is 14.7 Å². The molecule has 1 N–H and O–H groups in total. The minimum atomic E-state index is -0.958. The van der Waals surface area contributed by atoms with E-state index in [4.69, 9.17) is 9.84 Å². The van der Waals surface area contributed by atoms with E-state index >= 15 is 0 Å². The molecule has 88 valence electrons. The van der Waals surface area contributed by atoms with E-state index in [1.165, 1.54) is 4.90 Å². The summed E-state index contributed by atoms with van der Waals surface area (Å²) in [6, 6.07) is 3.62. The van der Waals surface area contributed by atoms with Crippen LogP contribution < -0.4 is 0 Å². The second-order valence-electron chi connectivity index (χ2n) is 3.19. The second-order valence-corrected chi connectivity index (χ2v) is 4.00. The highest BCUT2D eigenvalue weighted by Gasteiger charge is 2.11. The third-order valence-corrected chi connectivity index (χ3v) is 2.47. The smallest absolute Gasteiger partial charge is 0.407 e. The molecule has 0 spiro atoms. The molecular formula is C10H13BrN2O3. The molecule has 1 amide bonds. The standard InChI is InChI=1S/C10H13BrN2O3/c1-16-5-4-13(10(14)15)7-8-2-3-9(11)12-6-8/h2-3,6H,4-5,7H2,1H3,(H,14,15). The fraction of sp³-hybridized carbons (Fsp3) is 0.400. The molecule has 0 saturated heterocycles. The molecule has 1 rings (SSSR count). The largest absolute Gasteiger partial charge is 0.465 e. The van der Waals surface area contributed by atoms with Gasteiger partial charge in [-0.2, -0.15) is 0 Å². The second kappa shape index (κ2) is 6.44. The Morgan fingerprint density at radius 3 is 2.88 bits per heavy atom. The van der Waals surface area contributed by atoms with Gasteiger partial charge in [-0.05, 0) is 27.6 Å². The van der Waals surface area contributed by atoms with Crippen molar-refractivity contribution in [1.82, 2.24) is 9.88 Å². The van der Waals surface area contributed by atoms with Crippen molar-refractivity contribution < 1.29 is 14.6 Å². The number of nitrogens with zero attached hydrogens (tertiary/aromatic N) is 2. The zero-order valence-corrected chi connectivity index (χ0v) is 10.5. The lowest BCUT2D eigenvalue weighted by Gasteiger charge is -2.18. The van der Waals surface area contributed by atoms with Crippen LogP contribution in [0.25, 0.3) is 0 Å². The molecule has 0 unspecified atom stereocenters. The van der Waals surface area contributed by atoms with Gasteiger partial charge in [0.05, 0.1) is 13.2 Å². The Hall–Kier alpha value is -1.14. The molecule has 1 aromatic rings. The van der Waals surface area contributed by atoms with Gasteiger partial charge >= 0.3 is 6.09 Å². The summed E-state index contributed by atoms with van der Waals surface area (Å²) in [6.07, 6.45) is 0.687. The van der Waals surface area contributed by atoms with Gasteiger partial charge in [-0.15, -0.1) is 0 Å². The quantitative estimate of drug-likeness (QED) is 0.842. The zero-order chi connectivity index (χ0) is 12.0. The molecule has 0 aliphatic carbocycles. The summed E-state index contributed by atoms with van der Waals surface area (Å²) in [5.41, 5.74) is 0.849. The number of carbonyl (C=O) groups is 1. The summed E-state index contributed by atoms with van der Waals surface area (Å²) in [6.45, 7) is 1.05. The third-order valence-electron chi connectivity index (χ3n) is 2.00. The predicted molar refractivity (Wildman–Crippen MR) is 62.2 cm³/mol. The average Bonchev–Trinajstić information content (AvgIpc) is 2.26. The van der Waals surface area contributed by atoms with Gasteiger partial charge in [0.15, 0.2) is 0 Å². The maximum Gasteiger partial charge on any atom is 0.407 e. The van der Waals surface area contributed by atoms with Gasteiger partial charge in [0, 0.05) is 19.9 Å². The van der Waals surface area contributed by atoms with Crippen molar-refractivity contribution in [3.8, 4) is 0 Å². The molecule has 16 heavy (non-hydrogen) atoms. The lowest BCUT2D eigenvalue weighted by molar-refractivity contribution is 0.115. The Balaban J connectivity index is 2.60. The third kappa shape index (κ3) is 4.16. The summed E-state index contributed by atoms with van der Waals surface area (Å²) in [5.74, 6) is 0. The molecule has 0 radical (unpaired) electrons. The van der Waals surface area contributed by atoms with Crippen LogP contribution in [0.4, 0.5) is 4.79 Å². The fourth-order valence-electron chi connectivity index (χ4n) is 1.16. The number of amides is 1. The molecule has 0 aromatic carbocycles. The van der Waals surface area contributed by atoms with E-state index < -0.39 is 6.09 Å². The fourth-order valence-corrected chi connectivity index (χ4v) is 1.40. The number of ether oxygens (including phenoxy) is 1. The SMILES string of the molecule is COCCN(Cc1ccc(Br)nc1)C(=O)O. The van der Waals surface area contributed by atoms with Crippen LogP contribution in [-0.2, 0) is 11.3 Å². The Bertz CT molecular complexity index is 342. The van der Waals surface area contributed by atoms with Gasteiger partial charge in [-0.1, -0.05) is 6.07 Å². The zero-order valence-electron chi connectivity index (χ0n) is 8.89. The Morgan fingerprint density at radius 1 is 1.62 bits per heavy atom. The summed E-state index contributed by atoms with van der Waals surface area (Å²) in [7, 11) is 1.54. The maximum atomic E-state index is 10.9. The number of halogens is 1. The first-order chi connectivity index (χ1) is 7.63. The van der Waals surface area contributed by atoms with E-state index in [-0.39, 0.29) is 0 Å². The van der Waals surface area contributed by atoms with Crippen LogP contribution in [0, 0.1) is 0 Å². The van der Waals surface area contributed by atoms with Crippen LogP contribution in [0.5, 0.6) is 0 Å². The molecule has 5 nitrogen and oxygen atoms in total. The van der Waals surface area contributed by atoms with Crippen molar-refractivity contribution in [2.45, 2.75) is 6.54 Å². The lowest BCUT2D eigenvalue weighted by atomic mass is 10.3. The highest BCUT2D eigenvalue weighted by molar-refractivity contribution is 9.10. The van der Waals surface area contributed by atoms with Crippen molar-refractivity contribution in [1.29, 1.82) is 0 Å². The summed E-state index contributed by atoms with van der Waals surface area (Å²) >= 11 is 3.22. The summed E-state index contributed by atoms with van der Waals surface area (Å²) < 4.78 is 5.58. The number of pyridine rings is 1. The number of hydrogen-bond donors (Lipinski definition) is 1. The number of methoxy groups -OCH3 is 1. The Morgan fingerprint density at radius 2 is 2.38 bits per heavy atom. The van der Waals surface area contributed by atoms with Crippen molar-refractivity contribution in [3.63, 3.8) is 0 Å². The number of hydrogen-bond acceptors (Lipinski definition) is 3. The van der Waals surface area contributed by atoms with Crippen molar-refractivity contribution >= 4 is 22.0 Å². The first kappa shape index (κ1) is 12.9. The van der Waals surface area contributed by atoms with Gasteiger partial charge in [0.1, 0.15) is 4.60 Å². The van der Waals surface area contributed by atoms with Crippen molar-refractivity contribution in [3.05, 3.63) is 28.5 Å². The molecule has 1 heterocycles. The van der Waals surface area contributed by atoms with Crippen LogP contribution in [-0.4, -0.2) is 41.3 Å². The van der Waals surface area contributed by atoms with Crippen LogP contribution in [0.3, 0.4) is 0 Å². The first-order valence-electron chi connectivity index (χ1n) is 4.70. The van der Waals surface area contributed by atoms with Crippen LogP contribution >= 0.6 is 15.9 Å². The average molecular weight is 289 g/mol. The van der Waals surface area contributed by atoms with E-state index in [0.29, 0.717) is 19.7 Å². The Labute approximate surface area is 102 Å². The number of rotatable bonds is 5. The van der Waals surface area contributed by atoms with Crippen LogP contribution in [0.2, 0.25) is 0 Å². The summed E-state index contributed by atoms with van der Waals surface area (Å²) in [5, 5.41) is 8.96. The molecule has 0 bridgehead atoms. The molecule has 1 aromatic heterocycles. The predicted octanol–water partition coefficient (Wildman–Crippen LogP) is 1.97. The molecule has 0 aliphatic heterocycles. The van der Waals surface area contributed by atoms with Crippen LogP contribution in [0.15, 0.2) is 22.9 Å². The van der Waals surface area contributed by atoms with E-state index in [1.54, 1.807) is 19.4 Å². The van der Waals surface area contributed by atoms with Gasteiger partial charge in [-0.3, -0.25) is 0 Å². The number of aromatic nitrogens is 1. The minimum absolute atomic E-state index is 0.318. The minimum Gasteiger partial charge on any atom is -0.465 e. The molecule has 6 heteroatoms. The van der Waals surface area contributed by atoms with Crippen molar-refractivity contribution in [2.75, 3.05) is 20.3 Å². The van der Waals surface area contributed by atoms with Gasteiger partial charge in [0.2, 0.25) is 0 Å².